The van der Waals surface area contributed by atoms with Crippen LogP contribution in [0.15, 0.2) is 66.9 Å². The molecule has 0 spiro atoms. The highest BCUT2D eigenvalue weighted by Gasteiger charge is 2.33. The highest BCUT2D eigenvalue weighted by Crippen LogP contribution is 2.28. The van der Waals surface area contributed by atoms with Gasteiger partial charge in [-0.3, -0.25) is 24.3 Å². The highest BCUT2D eigenvalue weighted by molar-refractivity contribution is 5.99. The van der Waals surface area contributed by atoms with Crippen molar-refractivity contribution in [3.63, 3.8) is 0 Å². The third-order valence-corrected chi connectivity index (χ3v) is 8.60. The van der Waals surface area contributed by atoms with Gasteiger partial charge in [0.2, 0.25) is 0 Å². The van der Waals surface area contributed by atoms with Crippen LogP contribution in [-0.2, 0) is 6.54 Å². The second-order valence-corrected chi connectivity index (χ2v) is 11.7. The molecule has 8 nitrogen and oxygen atoms in total. The summed E-state index contributed by atoms with van der Waals surface area (Å²) in [5, 5.41) is 0. The van der Waals surface area contributed by atoms with Crippen LogP contribution in [0.2, 0.25) is 0 Å². The van der Waals surface area contributed by atoms with E-state index in [0.717, 1.165) is 5.56 Å². The first-order valence-corrected chi connectivity index (χ1v) is 15.2. The maximum Gasteiger partial charge on any atom is 0.573 e. The fourth-order valence-corrected chi connectivity index (χ4v) is 5.98. The van der Waals surface area contributed by atoms with Crippen LogP contribution >= 0.6 is 0 Å². The molecule has 2 fully saturated rings. The van der Waals surface area contributed by atoms with Crippen molar-refractivity contribution >= 4 is 17.5 Å². The first-order chi connectivity index (χ1) is 22.0. The van der Waals surface area contributed by atoms with E-state index >= 15 is 4.39 Å². The number of methoxy groups -OCH3 is 1. The number of carbonyl (C=O) groups is 3. The van der Waals surface area contributed by atoms with Gasteiger partial charge >= 0.3 is 6.36 Å². The number of rotatable bonds is 10. The molecular formula is C34H35F4N3O5. The summed E-state index contributed by atoms with van der Waals surface area (Å²) in [5.74, 6) is -0.776. The number of carbonyl (C=O) groups excluding carboxylic acids is 3. The number of nitrogens with zero attached hydrogens (tertiary/aromatic N) is 3. The number of ether oxygens (including phenoxy) is 2. The van der Waals surface area contributed by atoms with E-state index in [1.807, 2.05) is 4.90 Å². The molecular weight excluding hydrogens is 606 g/mol. The summed E-state index contributed by atoms with van der Waals surface area (Å²) in [5.41, 5.74) is 1.84. The third kappa shape index (κ3) is 8.48. The summed E-state index contributed by atoms with van der Waals surface area (Å²) in [6, 6.07) is 15.5. The van der Waals surface area contributed by atoms with Gasteiger partial charge in [0, 0.05) is 55.8 Å². The van der Waals surface area contributed by atoms with Crippen LogP contribution in [0.25, 0.3) is 0 Å². The van der Waals surface area contributed by atoms with E-state index in [-0.39, 0.29) is 47.8 Å². The van der Waals surface area contributed by atoms with Gasteiger partial charge in [0.25, 0.3) is 5.91 Å². The Labute approximate surface area is 264 Å². The number of pyridine rings is 1. The van der Waals surface area contributed by atoms with Crippen LogP contribution in [0.1, 0.15) is 62.5 Å². The molecule has 2 saturated heterocycles. The molecule has 2 aromatic carbocycles. The van der Waals surface area contributed by atoms with Gasteiger partial charge in [-0.05, 0) is 85.8 Å². The van der Waals surface area contributed by atoms with Crippen molar-refractivity contribution in [2.24, 2.45) is 11.8 Å². The molecule has 0 bridgehead atoms. The lowest BCUT2D eigenvalue weighted by molar-refractivity contribution is -0.274. The van der Waals surface area contributed by atoms with Gasteiger partial charge in [-0.15, -0.1) is 13.2 Å². The molecule has 2 aliphatic rings. The monoisotopic (exact) mass is 641 g/mol. The standard InChI is InChI=1S/C34H35F4N3O5/c1-45-27-9-4-23(5-10-27)32(43)24-13-16-41(17-14-24)33(44)30-11-6-26(19-39-30)31(42)18-25-12-15-40(21-29(25)35)20-22-2-7-28(8-3-22)46-34(36,37)38/h2-11,19,24-25,29H,12-18,20-21H2,1H3/t25-,29-/m0/s1. The Bertz CT molecular complexity index is 1510. The molecule has 0 saturated carbocycles. The van der Waals surface area contributed by atoms with Gasteiger partial charge in [0.15, 0.2) is 11.6 Å². The molecule has 46 heavy (non-hydrogen) atoms. The lowest BCUT2D eigenvalue weighted by Gasteiger charge is -2.34. The zero-order valence-electron chi connectivity index (χ0n) is 25.3. The number of Topliss-reactive ketones (excluding diaryl/α,β-unsaturated/α-hetero) is 2. The Hall–Kier alpha value is -4.32. The second kappa shape index (κ2) is 14.4. The van der Waals surface area contributed by atoms with Crippen molar-refractivity contribution < 1.29 is 41.4 Å². The number of likely N-dealkylation sites (tertiary alicyclic amines) is 2. The topological polar surface area (TPSA) is 89.0 Å². The summed E-state index contributed by atoms with van der Waals surface area (Å²) in [6.07, 6.45) is -3.13. The lowest BCUT2D eigenvalue weighted by atomic mass is 9.88. The minimum atomic E-state index is -4.77. The predicted octanol–water partition coefficient (Wildman–Crippen LogP) is 6.16. The van der Waals surface area contributed by atoms with Gasteiger partial charge in [-0.1, -0.05) is 12.1 Å². The van der Waals surface area contributed by atoms with Crippen LogP contribution in [0.5, 0.6) is 11.5 Å². The molecule has 0 aliphatic carbocycles. The Morgan fingerprint density at radius 3 is 2.11 bits per heavy atom. The summed E-state index contributed by atoms with van der Waals surface area (Å²) < 4.78 is 61.2. The Morgan fingerprint density at radius 1 is 0.870 bits per heavy atom. The van der Waals surface area contributed by atoms with Crippen molar-refractivity contribution in [1.29, 1.82) is 0 Å². The van der Waals surface area contributed by atoms with Crippen molar-refractivity contribution in [3.05, 3.63) is 89.2 Å². The fourth-order valence-electron chi connectivity index (χ4n) is 5.98. The zero-order valence-corrected chi connectivity index (χ0v) is 25.3. The number of amides is 1. The highest BCUT2D eigenvalue weighted by atomic mass is 19.4. The third-order valence-electron chi connectivity index (χ3n) is 8.60. The zero-order chi connectivity index (χ0) is 32.8. The molecule has 0 N–H and O–H groups in total. The molecule has 0 unspecified atom stereocenters. The SMILES string of the molecule is COc1ccc(C(=O)C2CCN(C(=O)c3ccc(C(=O)C[C@@H]4CCN(Cc5ccc(OC(F)(F)F)cc5)C[C@@H]4F)cn3)CC2)cc1. The molecule has 2 atom stereocenters. The quantitative estimate of drug-likeness (QED) is 0.194. The number of hydrogen-bond acceptors (Lipinski definition) is 7. The fraction of sp³-hybridized carbons (Fsp3) is 0.412. The lowest BCUT2D eigenvalue weighted by Crippen LogP contribution is -2.42. The Morgan fingerprint density at radius 2 is 1.52 bits per heavy atom. The van der Waals surface area contributed by atoms with Gasteiger partial charge < -0.3 is 14.4 Å². The molecule has 1 aromatic heterocycles. The van der Waals surface area contributed by atoms with E-state index in [9.17, 15) is 27.6 Å². The average molecular weight is 642 g/mol. The van der Waals surface area contributed by atoms with Crippen LogP contribution < -0.4 is 9.47 Å². The van der Waals surface area contributed by atoms with Crippen molar-refractivity contribution in [2.45, 2.75) is 44.8 Å². The number of hydrogen-bond donors (Lipinski definition) is 0. The first kappa shape index (κ1) is 33.1. The maximum atomic E-state index is 15.1. The normalized spacial score (nSPS) is 19.5. The van der Waals surface area contributed by atoms with Crippen LogP contribution in [0.4, 0.5) is 17.6 Å². The van der Waals surface area contributed by atoms with Gasteiger partial charge in [-0.2, -0.15) is 0 Å². The summed E-state index contributed by atoms with van der Waals surface area (Å²) in [4.78, 5) is 46.7. The van der Waals surface area contributed by atoms with Crippen molar-refractivity contribution in [1.82, 2.24) is 14.8 Å². The minimum Gasteiger partial charge on any atom is -0.497 e. The molecule has 12 heteroatoms. The smallest absolute Gasteiger partial charge is 0.497 e. The summed E-state index contributed by atoms with van der Waals surface area (Å²) in [6.45, 7) is 1.84. The van der Waals surface area contributed by atoms with Gasteiger partial charge in [0.1, 0.15) is 23.4 Å². The van der Waals surface area contributed by atoms with E-state index in [4.69, 9.17) is 4.74 Å². The minimum absolute atomic E-state index is 0.00317. The van der Waals surface area contributed by atoms with Crippen LogP contribution in [0.3, 0.4) is 0 Å². The largest absolute Gasteiger partial charge is 0.573 e. The predicted molar refractivity (Wildman–Crippen MR) is 161 cm³/mol. The molecule has 244 valence electrons. The van der Waals surface area contributed by atoms with Crippen molar-refractivity contribution in [3.8, 4) is 11.5 Å². The molecule has 1 amide bonds. The van der Waals surface area contributed by atoms with E-state index in [1.165, 1.54) is 42.6 Å². The first-order valence-electron chi connectivity index (χ1n) is 15.2. The van der Waals surface area contributed by atoms with E-state index in [0.29, 0.717) is 62.3 Å². The van der Waals surface area contributed by atoms with Gasteiger partial charge in [0.05, 0.1) is 7.11 Å². The number of benzene rings is 2. The van der Waals surface area contributed by atoms with Gasteiger partial charge in [-0.25, -0.2) is 4.39 Å². The number of piperidine rings is 2. The van der Waals surface area contributed by atoms with Crippen LogP contribution in [0, 0.1) is 11.8 Å². The number of halogens is 4. The maximum absolute atomic E-state index is 15.1. The Kier molecular flexibility index (Phi) is 10.4. The van der Waals surface area contributed by atoms with E-state index < -0.39 is 18.5 Å². The molecule has 2 aliphatic heterocycles. The number of ketones is 2. The molecule has 5 rings (SSSR count). The summed E-state index contributed by atoms with van der Waals surface area (Å²) in [7, 11) is 1.57. The van der Waals surface area contributed by atoms with Crippen molar-refractivity contribution in [2.75, 3.05) is 33.3 Å². The van der Waals surface area contributed by atoms with Crippen LogP contribution in [-0.4, -0.2) is 78.1 Å². The molecule has 3 aromatic rings. The number of alkyl halides is 4. The average Bonchev–Trinajstić information content (AvgIpc) is 3.05. The second-order valence-electron chi connectivity index (χ2n) is 11.7. The molecule has 3 heterocycles. The summed E-state index contributed by atoms with van der Waals surface area (Å²) >= 11 is 0. The van der Waals surface area contributed by atoms with E-state index in [2.05, 4.69) is 9.72 Å². The number of aromatic nitrogens is 1. The molecule has 0 radical (unpaired) electrons. The van der Waals surface area contributed by atoms with E-state index in [1.54, 1.807) is 36.3 Å². The Balaban J connectivity index is 1.07.